The molecule has 1 N–H and O–H groups in total. The summed E-state index contributed by atoms with van der Waals surface area (Å²) >= 11 is 0. The molecular formula is C12H15NO3. The number of hydrogen-bond acceptors (Lipinski definition) is 4. The van der Waals surface area contributed by atoms with Crippen LogP contribution >= 0.6 is 0 Å². The smallest absolute Gasteiger partial charge is 0.231 e. The summed E-state index contributed by atoms with van der Waals surface area (Å²) in [5, 5.41) is 9.58. The summed E-state index contributed by atoms with van der Waals surface area (Å²) < 4.78 is 10.5. The summed E-state index contributed by atoms with van der Waals surface area (Å²) in [6, 6.07) is 5.39. The molecule has 1 aliphatic rings. The molecule has 1 atom stereocenters. The maximum absolute atomic E-state index is 9.58. The molecule has 16 heavy (non-hydrogen) atoms. The second-order valence-corrected chi connectivity index (χ2v) is 3.97. The third-order valence-corrected chi connectivity index (χ3v) is 2.54. The second-order valence-electron chi connectivity index (χ2n) is 3.97. The van der Waals surface area contributed by atoms with Gasteiger partial charge in [0.15, 0.2) is 11.5 Å². The topological polar surface area (TPSA) is 41.9 Å². The summed E-state index contributed by atoms with van der Waals surface area (Å²) in [5.41, 5.74) is 0.932. The van der Waals surface area contributed by atoms with Crippen LogP contribution in [0.3, 0.4) is 0 Å². The molecule has 2 rings (SSSR count). The Kier molecular flexibility index (Phi) is 2.75. The Balaban J connectivity index is 2.35. The zero-order valence-electron chi connectivity index (χ0n) is 9.43. The van der Waals surface area contributed by atoms with Crippen LogP contribution in [0.2, 0.25) is 0 Å². The quantitative estimate of drug-likeness (QED) is 0.793. The van der Waals surface area contributed by atoms with E-state index in [1.165, 1.54) is 0 Å². The number of aliphatic hydroxyl groups is 1. The van der Waals surface area contributed by atoms with Crippen molar-refractivity contribution in [2.45, 2.75) is 6.04 Å². The molecule has 0 saturated carbocycles. The fourth-order valence-corrected chi connectivity index (χ4v) is 1.87. The van der Waals surface area contributed by atoms with Gasteiger partial charge in [0.2, 0.25) is 6.79 Å². The lowest BCUT2D eigenvalue weighted by Gasteiger charge is -2.23. The minimum atomic E-state index is -0.227. The Morgan fingerprint density at radius 2 is 2.06 bits per heavy atom. The van der Waals surface area contributed by atoms with Crippen molar-refractivity contribution in [3.05, 3.63) is 36.1 Å². The molecule has 0 aliphatic carbocycles. The van der Waals surface area contributed by atoms with Gasteiger partial charge in [-0.25, -0.2) is 0 Å². The molecule has 1 aliphatic heterocycles. The van der Waals surface area contributed by atoms with Gasteiger partial charge in [0.05, 0.1) is 6.04 Å². The van der Waals surface area contributed by atoms with Crippen LogP contribution in [0.5, 0.6) is 11.5 Å². The van der Waals surface area contributed by atoms with E-state index < -0.39 is 0 Å². The minimum absolute atomic E-state index is 0.115. The molecule has 0 saturated heterocycles. The highest BCUT2D eigenvalue weighted by atomic mass is 16.7. The molecule has 0 aromatic heterocycles. The van der Waals surface area contributed by atoms with Crippen LogP contribution in [0.15, 0.2) is 30.5 Å². The largest absolute Gasteiger partial charge is 0.511 e. The summed E-state index contributed by atoms with van der Waals surface area (Å²) in [5.74, 6) is 1.57. The van der Waals surface area contributed by atoms with Crippen LogP contribution in [-0.4, -0.2) is 30.9 Å². The highest BCUT2D eigenvalue weighted by Gasteiger charge is 2.21. The number of aliphatic hydroxyl groups excluding tert-OH is 1. The first-order valence-electron chi connectivity index (χ1n) is 5.03. The predicted molar refractivity (Wildman–Crippen MR) is 60.8 cm³/mol. The van der Waals surface area contributed by atoms with Gasteiger partial charge in [-0.1, -0.05) is 12.6 Å². The van der Waals surface area contributed by atoms with E-state index in [0.717, 1.165) is 11.3 Å². The Labute approximate surface area is 94.7 Å². The lowest BCUT2D eigenvalue weighted by Crippen LogP contribution is -2.21. The summed E-state index contributed by atoms with van der Waals surface area (Å²) in [6.45, 7) is 3.84. The Hall–Kier alpha value is -1.68. The van der Waals surface area contributed by atoms with Gasteiger partial charge in [0, 0.05) is 0 Å². The van der Waals surface area contributed by atoms with Crippen molar-refractivity contribution in [1.82, 2.24) is 4.90 Å². The number of ether oxygens (including phenoxy) is 2. The summed E-state index contributed by atoms with van der Waals surface area (Å²) in [7, 11) is 3.77. The van der Waals surface area contributed by atoms with Crippen molar-refractivity contribution in [1.29, 1.82) is 0 Å². The van der Waals surface area contributed by atoms with E-state index in [1.54, 1.807) is 0 Å². The van der Waals surface area contributed by atoms with E-state index in [9.17, 15) is 5.11 Å². The number of fused-ring (bicyclic) bond motifs is 1. The van der Waals surface area contributed by atoms with Gasteiger partial charge in [0.1, 0.15) is 5.76 Å². The summed E-state index contributed by atoms with van der Waals surface area (Å²) in [6.07, 6.45) is 0. The van der Waals surface area contributed by atoms with Gasteiger partial charge in [-0.15, -0.1) is 0 Å². The number of benzene rings is 1. The third kappa shape index (κ3) is 1.84. The van der Waals surface area contributed by atoms with E-state index in [2.05, 4.69) is 6.58 Å². The molecule has 0 fully saturated rings. The van der Waals surface area contributed by atoms with Gasteiger partial charge < -0.3 is 14.6 Å². The van der Waals surface area contributed by atoms with Gasteiger partial charge in [-0.05, 0) is 31.8 Å². The SMILES string of the molecule is C=C(O)C(c1ccc2c(c1)OCO2)N(C)C. The van der Waals surface area contributed by atoms with Crippen molar-refractivity contribution in [2.24, 2.45) is 0 Å². The number of rotatable bonds is 3. The van der Waals surface area contributed by atoms with E-state index in [0.29, 0.717) is 5.75 Å². The van der Waals surface area contributed by atoms with E-state index in [1.807, 2.05) is 37.2 Å². The van der Waals surface area contributed by atoms with Crippen LogP contribution in [0.1, 0.15) is 11.6 Å². The number of nitrogens with zero attached hydrogens (tertiary/aromatic N) is 1. The average Bonchev–Trinajstić information content (AvgIpc) is 2.63. The first kappa shape index (κ1) is 10.8. The van der Waals surface area contributed by atoms with Crippen molar-refractivity contribution < 1.29 is 14.6 Å². The Bertz CT molecular complexity index is 415. The molecule has 1 aromatic rings. The fourth-order valence-electron chi connectivity index (χ4n) is 1.87. The van der Waals surface area contributed by atoms with Gasteiger partial charge in [0.25, 0.3) is 0 Å². The van der Waals surface area contributed by atoms with Crippen LogP contribution < -0.4 is 9.47 Å². The maximum atomic E-state index is 9.58. The molecule has 0 spiro atoms. The minimum Gasteiger partial charge on any atom is -0.511 e. The van der Waals surface area contributed by atoms with Crippen LogP contribution in [0, 0.1) is 0 Å². The molecule has 4 nitrogen and oxygen atoms in total. The van der Waals surface area contributed by atoms with Crippen LogP contribution in [0.4, 0.5) is 0 Å². The standard InChI is InChI=1S/C12H15NO3/c1-8(14)12(13(2)3)9-4-5-10-11(6-9)16-7-15-10/h4-6,12,14H,1,7H2,2-3H3. The predicted octanol–water partition coefficient (Wildman–Crippen LogP) is 2.09. The van der Waals surface area contributed by atoms with Gasteiger partial charge >= 0.3 is 0 Å². The molecular weight excluding hydrogens is 206 g/mol. The van der Waals surface area contributed by atoms with E-state index in [-0.39, 0.29) is 18.6 Å². The molecule has 1 unspecified atom stereocenters. The lowest BCUT2D eigenvalue weighted by molar-refractivity contribution is 0.174. The lowest BCUT2D eigenvalue weighted by atomic mass is 10.0. The average molecular weight is 221 g/mol. The molecule has 1 aromatic carbocycles. The third-order valence-electron chi connectivity index (χ3n) is 2.54. The van der Waals surface area contributed by atoms with Gasteiger partial charge in [-0.3, -0.25) is 4.90 Å². The van der Waals surface area contributed by atoms with Crippen molar-refractivity contribution in [2.75, 3.05) is 20.9 Å². The first-order chi connectivity index (χ1) is 7.59. The highest BCUT2D eigenvalue weighted by molar-refractivity contribution is 5.46. The van der Waals surface area contributed by atoms with Crippen molar-refractivity contribution in [3.63, 3.8) is 0 Å². The zero-order chi connectivity index (χ0) is 11.7. The first-order valence-corrected chi connectivity index (χ1v) is 5.03. The Morgan fingerprint density at radius 3 is 2.69 bits per heavy atom. The molecule has 0 radical (unpaired) electrons. The monoisotopic (exact) mass is 221 g/mol. The number of likely N-dealkylation sites (N-methyl/N-ethyl adjacent to an activating group) is 1. The normalized spacial score (nSPS) is 15.2. The maximum Gasteiger partial charge on any atom is 0.231 e. The summed E-state index contributed by atoms with van der Waals surface area (Å²) in [4.78, 5) is 1.89. The number of hydrogen-bond donors (Lipinski definition) is 1. The van der Waals surface area contributed by atoms with Crippen molar-refractivity contribution >= 4 is 0 Å². The highest BCUT2D eigenvalue weighted by Crippen LogP contribution is 2.36. The second kappa shape index (κ2) is 4.06. The zero-order valence-corrected chi connectivity index (χ0v) is 9.43. The molecule has 0 amide bonds. The Morgan fingerprint density at radius 1 is 1.38 bits per heavy atom. The van der Waals surface area contributed by atoms with Crippen LogP contribution in [-0.2, 0) is 0 Å². The van der Waals surface area contributed by atoms with Gasteiger partial charge in [-0.2, -0.15) is 0 Å². The van der Waals surface area contributed by atoms with E-state index in [4.69, 9.17) is 9.47 Å². The molecule has 4 heteroatoms. The molecule has 0 bridgehead atoms. The van der Waals surface area contributed by atoms with Crippen LogP contribution in [0.25, 0.3) is 0 Å². The fraction of sp³-hybridized carbons (Fsp3) is 0.333. The molecule has 1 heterocycles. The van der Waals surface area contributed by atoms with E-state index >= 15 is 0 Å². The molecule has 86 valence electrons. The van der Waals surface area contributed by atoms with Crippen molar-refractivity contribution in [3.8, 4) is 11.5 Å².